The van der Waals surface area contributed by atoms with Gasteiger partial charge in [-0.1, -0.05) is 19.9 Å². The molecule has 0 saturated carbocycles. The minimum atomic E-state index is -0.658. The van der Waals surface area contributed by atoms with Crippen molar-refractivity contribution in [2.24, 2.45) is 5.92 Å². The summed E-state index contributed by atoms with van der Waals surface area (Å²) in [6.45, 7) is 5.34. The minimum absolute atomic E-state index is 0.0100. The Morgan fingerprint density at radius 3 is 2.59 bits per heavy atom. The number of carbonyl (C=O) groups is 2. The van der Waals surface area contributed by atoms with Gasteiger partial charge in [-0.2, -0.15) is 0 Å². The third-order valence-electron chi connectivity index (χ3n) is 3.95. The van der Waals surface area contributed by atoms with Gasteiger partial charge in [0, 0.05) is 24.3 Å². The van der Waals surface area contributed by atoms with Gasteiger partial charge in [-0.25, -0.2) is 0 Å². The maximum absolute atomic E-state index is 12.3. The first-order chi connectivity index (χ1) is 10.5. The Labute approximate surface area is 131 Å². The fraction of sp³-hybridized carbons (Fsp3) is 0.529. The maximum atomic E-state index is 12.3. The van der Waals surface area contributed by atoms with Crippen molar-refractivity contribution in [2.75, 3.05) is 18.4 Å². The number of carbonyl (C=O) groups excluding carboxylic acids is 2. The molecule has 1 unspecified atom stereocenters. The molecule has 1 aromatic rings. The molecule has 1 saturated heterocycles. The molecule has 1 atom stereocenters. The molecule has 2 N–H and O–H groups in total. The summed E-state index contributed by atoms with van der Waals surface area (Å²) in [7, 11) is 0. The summed E-state index contributed by atoms with van der Waals surface area (Å²) < 4.78 is 0. The van der Waals surface area contributed by atoms with Gasteiger partial charge in [0.15, 0.2) is 0 Å². The average molecular weight is 304 g/mol. The number of aliphatic hydroxyl groups is 1. The molecule has 1 fully saturated rings. The van der Waals surface area contributed by atoms with Crippen molar-refractivity contribution in [3.8, 4) is 0 Å². The van der Waals surface area contributed by atoms with Gasteiger partial charge < -0.3 is 15.3 Å². The van der Waals surface area contributed by atoms with Gasteiger partial charge in [0.05, 0.1) is 12.5 Å². The van der Waals surface area contributed by atoms with Crippen molar-refractivity contribution in [3.63, 3.8) is 0 Å². The van der Waals surface area contributed by atoms with Crippen LogP contribution in [0.2, 0.25) is 0 Å². The van der Waals surface area contributed by atoms with Crippen LogP contribution in [0.5, 0.6) is 0 Å². The smallest absolute Gasteiger partial charge is 0.253 e. The van der Waals surface area contributed by atoms with E-state index in [2.05, 4.69) is 5.32 Å². The Hall–Kier alpha value is -1.88. The van der Waals surface area contributed by atoms with Crippen LogP contribution in [0.25, 0.3) is 0 Å². The molecular formula is C17H24N2O3. The second-order valence-corrected chi connectivity index (χ2v) is 6.14. The van der Waals surface area contributed by atoms with Crippen molar-refractivity contribution in [2.45, 2.75) is 39.2 Å². The van der Waals surface area contributed by atoms with Crippen molar-refractivity contribution in [1.82, 2.24) is 4.90 Å². The summed E-state index contributed by atoms with van der Waals surface area (Å²) >= 11 is 0. The Morgan fingerprint density at radius 1 is 1.27 bits per heavy atom. The number of anilines is 1. The molecule has 5 nitrogen and oxygen atoms in total. The maximum Gasteiger partial charge on any atom is 0.253 e. The predicted molar refractivity (Wildman–Crippen MR) is 85.7 cm³/mol. The van der Waals surface area contributed by atoms with E-state index in [0.717, 1.165) is 25.9 Å². The van der Waals surface area contributed by atoms with Crippen LogP contribution in [-0.2, 0) is 4.79 Å². The minimum Gasteiger partial charge on any atom is -0.392 e. The van der Waals surface area contributed by atoms with Crippen LogP contribution in [0, 0.1) is 5.92 Å². The van der Waals surface area contributed by atoms with E-state index < -0.39 is 6.10 Å². The second kappa shape index (κ2) is 7.40. The molecule has 22 heavy (non-hydrogen) atoms. The van der Waals surface area contributed by atoms with Crippen LogP contribution in [0.4, 0.5) is 5.69 Å². The molecule has 0 aliphatic carbocycles. The zero-order chi connectivity index (χ0) is 16.1. The highest BCUT2D eigenvalue weighted by molar-refractivity contribution is 5.97. The molecule has 0 bridgehead atoms. The van der Waals surface area contributed by atoms with Crippen LogP contribution >= 0.6 is 0 Å². The van der Waals surface area contributed by atoms with Gasteiger partial charge in [-0.3, -0.25) is 9.59 Å². The largest absolute Gasteiger partial charge is 0.392 e. The fourth-order valence-electron chi connectivity index (χ4n) is 2.47. The first kappa shape index (κ1) is 16.5. The molecule has 5 heteroatoms. The normalized spacial score (nSPS) is 15.9. The van der Waals surface area contributed by atoms with Crippen LogP contribution in [0.3, 0.4) is 0 Å². The van der Waals surface area contributed by atoms with E-state index in [4.69, 9.17) is 0 Å². The third-order valence-corrected chi connectivity index (χ3v) is 3.95. The van der Waals surface area contributed by atoms with Crippen molar-refractivity contribution in [1.29, 1.82) is 0 Å². The second-order valence-electron chi connectivity index (χ2n) is 6.14. The highest BCUT2D eigenvalue weighted by Crippen LogP contribution is 2.17. The number of benzene rings is 1. The number of likely N-dealkylation sites (tertiary alicyclic amines) is 1. The zero-order valence-electron chi connectivity index (χ0n) is 13.2. The first-order valence-electron chi connectivity index (χ1n) is 7.84. The van der Waals surface area contributed by atoms with E-state index in [9.17, 15) is 14.7 Å². The summed E-state index contributed by atoms with van der Waals surface area (Å²) in [6.07, 6.45) is 1.50. The molecule has 0 radical (unpaired) electrons. The van der Waals surface area contributed by atoms with Crippen LogP contribution in [-0.4, -0.2) is 41.0 Å². The summed E-state index contributed by atoms with van der Waals surface area (Å²) in [5.41, 5.74) is 1.18. The molecule has 2 amide bonds. The molecule has 0 spiro atoms. The molecule has 120 valence electrons. The molecular weight excluding hydrogens is 280 g/mol. The van der Waals surface area contributed by atoms with Crippen LogP contribution < -0.4 is 5.32 Å². The Morgan fingerprint density at radius 2 is 1.95 bits per heavy atom. The van der Waals surface area contributed by atoms with Gasteiger partial charge in [-0.05, 0) is 37.0 Å². The van der Waals surface area contributed by atoms with E-state index in [1.54, 1.807) is 24.3 Å². The molecule has 1 aliphatic rings. The lowest BCUT2D eigenvalue weighted by molar-refractivity contribution is -0.118. The van der Waals surface area contributed by atoms with Gasteiger partial charge in [0.1, 0.15) is 0 Å². The highest BCUT2D eigenvalue weighted by atomic mass is 16.3. The van der Waals surface area contributed by atoms with Crippen molar-refractivity contribution >= 4 is 17.5 Å². The van der Waals surface area contributed by atoms with Crippen LogP contribution in [0.15, 0.2) is 24.3 Å². The summed E-state index contributed by atoms with van der Waals surface area (Å²) in [4.78, 5) is 26.1. The lowest BCUT2D eigenvalue weighted by Crippen LogP contribution is -2.27. The molecule has 1 aromatic carbocycles. The van der Waals surface area contributed by atoms with Gasteiger partial charge >= 0.3 is 0 Å². The molecule has 1 aliphatic heterocycles. The number of nitrogens with zero attached hydrogens (tertiary/aromatic N) is 1. The average Bonchev–Trinajstić information content (AvgIpc) is 3.00. The van der Waals surface area contributed by atoms with E-state index >= 15 is 0 Å². The third kappa shape index (κ3) is 4.31. The summed E-state index contributed by atoms with van der Waals surface area (Å²) in [5, 5.41) is 12.5. The number of hydrogen-bond donors (Lipinski definition) is 2. The van der Waals surface area contributed by atoms with Gasteiger partial charge in [0.25, 0.3) is 5.91 Å². The van der Waals surface area contributed by atoms with E-state index in [-0.39, 0.29) is 24.2 Å². The van der Waals surface area contributed by atoms with E-state index in [1.807, 2.05) is 18.7 Å². The SMILES string of the molecule is CC(C)C(O)CC(=O)Nc1cccc(C(=O)N2CCCC2)c1. The summed E-state index contributed by atoms with van der Waals surface area (Å²) in [6, 6.07) is 6.97. The predicted octanol–water partition coefficient (Wildman–Crippen LogP) is 2.27. The van der Waals surface area contributed by atoms with Gasteiger partial charge in [-0.15, -0.1) is 0 Å². The number of hydrogen-bond acceptors (Lipinski definition) is 3. The lowest BCUT2D eigenvalue weighted by atomic mass is 10.0. The van der Waals surface area contributed by atoms with E-state index in [1.165, 1.54) is 0 Å². The number of aliphatic hydroxyl groups excluding tert-OH is 1. The molecule has 2 rings (SSSR count). The summed E-state index contributed by atoms with van der Waals surface area (Å²) in [5.74, 6) is -0.198. The Kier molecular flexibility index (Phi) is 5.55. The molecule has 0 aromatic heterocycles. The van der Waals surface area contributed by atoms with Crippen LogP contribution in [0.1, 0.15) is 43.5 Å². The quantitative estimate of drug-likeness (QED) is 0.876. The zero-order valence-corrected chi connectivity index (χ0v) is 13.2. The van der Waals surface area contributed by atoms with Crippen molar-refractivity contribution in [3.05, 3.63) is 29.8 Å². The standard InChI is InChI=1S/C17H24N2O3/c1-12(2)15(20)11-16(21)18-14-7-5-6-13(10-14)17(22)19-8-3-4-9-19/h5-7,10,12,15,20H,3-4,8-9,11H2,1-2H3,(H,18,21). The first-order valence-corrected chi connectivity index (χ1v) is 7.84. The highest BCUT2D eigenvalue weighted by Gasteiger charge is 2.20. The topological polar surface area (TPSA) is 69.6 Å². The molecule has 1 heterocycles. The Balaban J connectivity index is 1.99. The fourth-order valence-corrected chi connectivity index (χ4v) is 2.47. The lowest BCUT2D eigenvalue weighted by Gasteiger charge is -2.16. The number of rotatable bonds is 5. The monoisotopic (exact) mass is 304 g/mol. The van der Waals surface area contributed by atoms with E-state index in [0.29, 0.717) is 11.3 Å². The van der Waals surface area contributed by atoms with Gasteiger partial charge in [0.2, 0.25) is 5.91 Å². The van der Waals surface area contributed by atoms with Crippen molar-refractivity contribution < 1.29 is 14.7 Å². The number of nitrogens with one attached hydrogen (secondary N) is 1. The Bertz CT molecular complexity index is 536. The number of amides is 2.